The van der Waals surface area contributed by atoms with Crippen LogP contribution in [0.4, 0.5) is 0 Å². The minimum atomic E-state index is 0.179. The third-order valence-electron chi connectivity index (χ3n) is 2.65. The molecule has 0 aliphatic rings. The molecule has 0 aromatic heterocycles. The van der Waals surface area contributed by atoms with Crippen LogP contribution in [-0.4, -0.2) is 11.7 Å². The molecule has 1 atom stereocenters. The van der Waals surface area contributed by atoms with Gasteiger partial charge in [-0.05, 0) is 29.7 Å². The molecule has 1 unspecified atom stereocenters. The SMILES string of the molecule is C=CCC(C=C(CO)C(C)C)C(C)C. The molecule has 0 aromatic rings. The highest BCUT2D eigenvalue weighted by Gasteiger charge is 2.11. The van der Waals surface area contributed by atoms with Gasteiger partial charge in [-0.15, -0.1) is 6.58 Å². The van der Waals surface area contributed by atoms with Crippen LogP contribution in [-0.2, 0) is 0 Å². The maximum absolute atomic E-state index is 9.20. The molecule has 0 aliphatic heterocycles. The highest BCUT2D eigenvalue weighted by Crippen LogP contribution is 2.21. The second-order valence-corrected chi connectivity index (χ2v) is 4.49. The van der Waals surface area contributed by atoms with E-state index in [0.717, 1.165) is 12.0 Å². The first-order valence-corrected chi connectivity index (χ1v) is 5.45. The highest BCUT2D eigenvalue weighted by molar-refractivity contribution is 5.08. The van der Waals surface area contributed by atoms with Crippen LogP contribution in [0.3, 0.4) is 0 Å². The van der Waals surface area contributed by atoms with E-state index in [0.29, 0.717) is 17.8 Å². The quantitative estimate of drug-likeness (QED) is 0.645. The van der Waals surface area contributed by atoms with Gasteiger partial charge < -0.3 is 5.11 Å². The van der Waals surface area contributed by atoms with E-state index in [9.17, 15) is 5.11 Å². The van der Waals surface area contributed by atoms with E-state index in [-0.39, 0.29) is 6.61 Å². The fourth-order valence-electron chi connectivity index (χ4n) is 1.43. The van der Waals surface area contributed by atoms with Crippen molar-refractivity contribution in [3.63, 3.8) is 0 Å². The summed E-state index contributed by atoms with van der Waals surface area (Å²) < 4.78 is 0. The maximum Gasteiger partial charge on any atom is 0.0644 e. The topological polar surface area (TPSA) is 20.2 Å². The Labute approximate surface area is 88.5 Å². The van der Waals surface area contributed by atoms with Gasteiger partial charge >= 0.3 is 0 Å². The molecule has 0 saturated heterocycles. The summed E-state index contributed by atoms with van der Waals surface area (Å²) in [6, 6.07) is 0. The number of hydrogen-bond acceptors (Lipinski definition) is 1. The molecule has 1 nitrogen and oxygen atoms in total. The number of aliphatic hydroxyl groups is 1. The van der Waals surface area contributed by atoms with E-state index in [1.54, 1.807) is 0 Å². The third kappa shape index (κ3) is 4.61. The van der Waals surface area contributed by atoms with E-state index in [4.69, 9.17) is 0 Å². The first kappa shape index (κ1) is 13.4. The molecular weight excluding hydrogens is 172 g/mol. The molecule has 82 valence electrons. The summed E-state index contributed by atoms with van der Waals surface area (Å²) in [7, 11) is 0. The van der Waals surface area contributed by atoms with E-state index < -0.39 is 0 Å². The van der Waals surface area contributed by atoms with Gasteiger partial charge in [-0.2, -0.15) is 0 Å². The normalized spacial score (nSPS) is 14.9. The third-order valence-corrected chi connectivity index (χ3v) is 2.65. The van der Waals surface area contributed by atoms with Crippen molar-refractivity contribution in [2.24, 2.45) is 17.8 Å². The largest absolute Gasteiger partial charge is 0.392 e. The van der Waals surface area contributed by atoms with E-state index >= 15 is 0 Å². The molecule has 0 aliphatic carbocycles. The summed E-state index contributed by atoms with van der Waals surface area (Å²) in [5, 5.41) is 9.20. The van der Waals surface area contributed by atoms with Crippen LogP contribution < -0.4 is 0 Å². The Bertz CT molecular complexity index is 189. The lowest BCUT2D eigenvalue weighted by molar-refractivity contribution is 0.315. The Hall–Kier alpha value is -0.560. The Kier molecular flexibility index (Phi) is 6.56. The first-order chi connectivity index (χ1) is 6.52. The van der Waals surface area contributed by atoms with Gasteiger partial charge in [0.2, 0.25) is 0 Å². The van der Waals surface area contributed by atoms with Crippen LogP contribution in [0.5, 0.6) is 0 Å². The summed E-state index contributed by atoms with van der Waals surface area (Å²) in [6.45, 7) is 12.6. The minimum Gasteiger partial charge on any atom is -0.392 e. The van der Waals surface area contributed by atoms with E-state index in [1.807, 2.05) is 6.08 Å². The van der Waals surface area contributed by atoms with E-state index in [1.165, 1.54) is 0 Å². The lowest BCUT2D eigenvalue weighted by Crippen LogP contribution is -2.09. The summed E-state index contributed by atoms with van der Waals surface area (Å²) in [5.74, 6) is 1.55. The summed E-state index contributed by atoms with van der Waals surface area (Å²) >= 11 is 0. The number of rotatable bonds is 6. The van der Waals surface area contributed by atoms with Gasteiger partial charge in [-0.25, -0.2) is 0 Å². The van der Waals surface area contributed by atoms with Crippen molar-refractivity contribution >= 4 is 0 Å². The summed E-state index contributed by atoms with van der Waals surface area (Å²) in [4.78, 5) is 0. The molecule has 0 spiro atoms. The van der Waals surface area contributed by atoms with Crippen LogP contribution in [0.15, 0.2) is 24.3 Å². The molecule has 0 amide bonds. The molecule has 1 N–H and O–H groups in total. The maximum atomic E-state index is 9.20. The Morgan fingerprint density at radius 2 is 1.86 bits per heavy atom. The molecule has 0 saturated carbocycles. The van der Waals surface area contributed by atoms with Crippen LogP contribution in [0.2, 0.25) is 0 Å². The summed E-state index contributed by atoms with van der Waals surface area (Å²) in [5.41, 5.74) is 1.14. The smallest absolute Gasteiger partial charge is 0.0644 e. The minimum absolute atomic E-state index is 0.179. The average Bonchev–Trinajstić information content (AvgIpc) is 2.11. The molecular formula is C13H24O. The van der Waals surface area contributed by atoms with Crippen molar-refractivity contribution in [3.8, 4) is 0 Å². The molecule has 0 rings (SSSR count). The second kappa shape index (κ2) is 6.83. The van der Waals surface area contributed by atoms with Gasteiger partial charge in [0.25, 0.3) is 0 Å². The van der Waals surface area contributed by atoms with Gasteiger partial charge in [0.15, 0.2) is 0 Å². The molecule has 0 aromatic carbocycles. The number of hydrogen-bond donors (Lipinski definition) is 1. The standard InChI is InChI=1S/C13H24O/c1-6-7-12(10(2)3)8-13(9-14)11(4)5/h6,8,10-12,14H,1,7,9H2,2-5H3. The zero-order chi connectivity index (χ0) is 11.1. The first-order valence-electron chi connectivity index (χ1n) is 5.45. The molecule has 0 radical (unpaired) electrons. The van der Waals surface area contributed by atoms with Crippen molar-refractivity contribution in [1.29, 1.82) is 0 Å². The Morgan fingerprint density at radius 1 is 1.29 bits per heavy atom. The summed E-state index contributed by atoms with van der Waals surface area (Å²) in [6.07, 6.45) is 5.17. The lowest BCUT2D eigenvalue weighted by Gasteiger charge is -2.18. The van der Waals surface area contributed by atoms with Crippen molar-refractivity contribution in [2.45, 2.75) is 34.1 Å². The Balaban J connectivity index is 4.57. The van der Waals surface area contributed by atoms with Gasteiger partial charge in [0.05, 0.1) is 6.61 Å². The predicted octanol–water partition coefficient (Wildman–Crippen LogP) is 3.41. The molecule has 1 heteroatoms. The van der Waals surface area contributed by atoms with Crippen LogP contribution >= 0.6 is 0 Å². The number of aliphatic hydroxyl groups excluding tert-OH is 1. The Morgan fingerprint density at radius 3 is 2.14 bits per heavy atom. The van der Waals surface area contributed by atoms with E-state index in [2.05, 4.69) is 40.3 Å². The fourth-order valence-corrected chi connectivity index (χ4v) is 1.43. The predicted molar refractivity (Wildman–Crippen MR) is 63.1 cm³/mol. The van der Waals surface area contributed by atoms with Crippen LogP contribution in [0, 0.1) is 17.8 Å². The second-order valence-electron chi connectivity index (χ2n) is 4.49. The average molecular weight is 196 g/mol. The van der Waals surface area contributed by atoms with Crippen molar-refractivity contribution in [3.05, 3.63) is 24.3 Å². The van der Waals surface area contributed by atoms with Crippen LogP contribution in [0.25, 0.3) is 0 Å². The molecule has 14 heavy (non-hydrogen) atoms. The van der Waals surface area contributed by atoms with Crippen molar-refractivity contribution in [2.75, 3.05) is 6.61 Å². The number of allylic oxidation sites excluding steroid dienone is 2. The van der Waals surface area contributed by atoms with Gasteiger partial charge in [-0.1, -0.05) is 39.8 Å². The highest BCUT2D eigenvalue weighted by atomic mass is 16.3. The van der Waals surface area contributed by atoms with Gasteiger partial charge in [0, 0.05) is 0 Å². The zero-order valence-corrected chi connectivity index (χ0v) is 9.96. The zero-order valence-electron chi connectivity index (χ0n) is 9.96. The fraction of sp³-hybridized carbons (Fsp3) is 0.692. The van der Waals surface area contributed by atoms with Crippen molar-refractivity contribution < 1.29 is 5.11 Å². The van der Waals surface area contributed by atoms with Gasteiger partial charge in [0.1, 0.15) is 0 Å². The molecule has 0 heterocycles. The van der Waals surface area contributed by atoms with Gasteiger partial charge in [-0.3, -0.25) is 0 Å². The lowest BCUT2D eigenvalue weighted by atomic mass is 9.88. The van der Waals surface area contributed by atoms with Crippen molar-refractivity contribution in [1.82, 2.24) is 0 Å². The molecule has 0 fully saturated rings. The molecule has 0 bridgehead atoms. The monoisotopic (exact) mass is 196 g/mol. The van der Waals surface area contributed by atoms with Crippen LogP contribution in [0.1, 0.15) is 34.1 Å².